The van der Waals surface area contributed by atoms with Crippen molar-refractivity contribution in [2.75, 3.05) is 0 Å². The summed E-state index contributed by atoms with van der Waals surface area (Å²) in [6.45, 7) is 3.78. The van der Waals surface area contributed by atoms with E-state index in [1.807, 2.05) is 30.7 Å². The number of hydrogen-bond donors (Lipinski definition) is 1. The highest BCUT2D eigenvalue weighted by atomic mass is 14.9. The van der Waals surface area contributed by atoms with E-state index < -0.39 is 0 Å². The number of para-hydroxylation sites is 1. The second-order valence-electron chi connectivity index (χ2n) is 4.89. The highest BCUT2D eigenvalue weighted by Gasteiger charge is 2.02. The number of pyridine rings is 2. The van der Waals surface area contributed by atoms with Crippen LogP contribution in [0.2, 0.25) is 0 Å². The molecule has 0 fully saturated rings. The van der Waals surface area contributed by atoms with Crippen molar-refractivity contribution in [3.63, 3.8) is 0 Å². The molecule has 0 amide bonds. The molecule has 1 N–H and O–H groups in total. The van der Waals surface area contributed by atoms with Gasteiger partial charge in [-0.05, 0) is 41.8 Å². The summed E-state index contributed by atoms with van der Waals surface area (Å²) >= 11 is 0. The van der Waals surface area contributed by atoms with E-state index in [9.17, 15) is 0 Å². The zero-order valence-corrected chi connectivity index (χ0v) is 11.5. The molecular formula is C17H17N3. The molecule has 3 rings (SSSR count). The molecule has 3 aromatic rings. The molecule has 100 valence electrons. The van der Waals surface area contributed by atoms with Gasteiger partial charge in [-0.15, -0.1) is 0 Å². The smallest absolute Gasteiger partial charge is 0.0705 e. The molecule has 0 saturated heterocycles. The van der Waals surface area contributed by atoms with Gasteiger partial charge < -0.3 is 5.32 Å². The maximum atomic E-state index is 4.39. The summed E-state index contributed by atoms with van der Waals surface area (Å²) in [6, 6.07) is 12.4. The molecule has 0 atom stereocenters. The van der Waals surface area contributed by atoms with E-state index >= 15 is 0 Å². The van der Waals surface area contributed by atoms with Gasteiger partial charge in [0.2, 0.25) is 0 Å². The Balaban J connectivity index is 1.73. The number of fused-ring (bicyclic) bond motifs is 1. The minimum atomic E-state index is 0.838. The summed E-state index contributed by atoms with van der Waals surface area (Å²) in [5.74, 6) is 0. The molecule has 3 heteroatoms. The summed E-state index contributed by atoms with van der Waals surface area (Å²) in [4.78, 5) is 8.50. The van der Waals surface area contributed by atoms with Gasteiger partial charge in [0.05, 0.1) is 5.52 Å². The van der Waals surface area contributed by atoms with E-state index in [0.717, 1.165) is 18.6 Å². The van der Waals surface area contributed by atoms with Crippen LogP contribution in [0.1, 0.15) is 16.7 Å². The summed E-state index contributed by atoms with van der Waals surface area (Å²) in [5.41, 5.74) is 4.84. The molecule has 0 unspecified atom stereocenters. The molecule has 0 aliphatic carbocycles. The largest absolute Gasteiger partial charge is 0.309 e. The van der Waals surface area contributed by atoms with Crippen LogP contribution >= 0.6 is 0 Å². The van der Waals surface area contributed by atoms with E-state index in [0.29, 0.717) is 0 Å². The van der Waals surface area contributed by atoms with E-state index in [-0.39, 0.29) is 0 Å². The molecule has 3 nitrogen and oxygen atoms in total. The normalized spacial score (nSPS) is 10.8. The van der Waals surface area contributed by atoms with Crippen LogP contribution in [0.25, 0.3) is 10.9 Å². The van der Waals surface area contributed by atoms with Gasteiger partial charge in [-0.2, -0.15) is 0 Å². The highest BCUT2D eigenvalue weighted by molar-refractivity contribution is 5.81. The number of nitrogens with one attached hydrogen (secondary N) is 1. The highest BCUT2D eigenvalue weighted by Crippen LogP contribution is 2.16. The SMILES string of the molecule is Cc1cnccc1CNCc1ccnc2ccccc12. The number of aromatic nitrogens is 2. The second kappa shape index (κ2) is 5.80. The molecule has 2 heterocycles. The number of hydrogen-bond acceptors (Lipinski definition) is 3. The summed E-state index contributed by atoms with van der Waals surface area (Å²) < 4.78 is 0. The number of benzene rings is 1. The van der Waals surface area contributed by atoms with Crippen LogP contribution in [-0.2, 0) is 13.1 Å². The van der Waals surface area contributed by atoms with E-state index in [1.54, 1.807) is 0 Å². The van der Waals surface area contributed by atoms with Crippen LogP contribution in [-0.4, -0.2) is 9.97 Å². The lowest BCUT2D eigenvalue weighted by molar-refractivity contribution is 0.692. The number of rotatable bonds is 4. The van der Waals surface area contributed by atoms with Gasteiger partial charge in [-0.25, -0.2) is 0 Å². The molecular weight excluding hydrogens is 246 g/mol. The molecule has 1 aromatic carbocycles. The van der Waals surface area contributed by atoms with Crippen LogP contribution in [0.5, 0.6) is 0 Å². The Morgan fingerprint density at radius 3 is 2.65 bits per heavy atom. The maximum Gasteiger partial charge on any atom is 0.0705 e. The molecule has 0 saturated carbocycles. The summed E-state index contributed by atoms with van der Waals surface area (Å²) in [7, 11) is 0. The van der Waals surface area contributed by atoms with Crippen molar-refractivity contribution >= 4 is 10.9 Å². The summed E-state index contributed by atoms with van der Waals surface area (Å²) in [5, 5.41) is 4.71. The summed E-state index contributed by atoms with van der Waals surface area (Å²) in [6.07, 6.45) is 5.61. The lowest BCUT2D eigenvalue weighted by Gasteiger charge is -2.09. The third kappa shape index (κ3) is 2.68. The van der Waals surface area contributed by atoms with Crippen molar-refractivity contribution in [2.24, 2.45) is 0 Å². The first-order valence-electron chi connectivity index (χ1n) is 6.77. The zero-order chi connectivity index (χ0) is 13.8. The Hall–Kier alpha value is -2.26. The van der Waals surface area contributed by atoms with E-state index in [4.69, 9.17) is 0 Å². The predicted octanol–water partition coefficient (Wildman–Crippen LogP) is 3.23. The Bertz CT molecular complexity index is 717. The molecule has 0 aliphatic rings. The van der Waals surface area contributed by atoms with Gasteiger partial charge in [0, 0.05) is 37.1 Å². The van der Waals surface area contributed by atoms with Crippen molar-refractivity contribution in [3.8, 4) is 0 Å². The fourth-order valence-corrected chi connectivity index (χ4v) is 2.34. The van der Waals surface area contributed by atoms with Gasteiger partial charge >= 0.3 is 0 Å². The molecule has 0 radical (unpaired) electrons. The van der Waals surface area contributed by atoms with Crippen LogP contribution in [0.3, 0.4) is 0 Å². The van der Waals surface area contributed by atoms with Crippen LogP contribution in [0, 0.1) is 6.92 Å². The molecule has 20 heavy (non-hydrogen) atoms. The minimum absolute atomic E-state index is 0.838. The van der Waals surface area contributed by atoms with Gasteiger partial charge in [0.25, 0.3) is 0 Å². The van der Waals surface area contributed by atoms with Crippen molar-refractivity contribution in [1.82, 2.24) is 15.3 Å². The fraction of sp³-hybridized carbons (Fsp3) is 0.176. The van der Waals surface area contributed by atoms with Crippen molar-refractivity contribution in [3.05, 3.63) is 71.7 Å². The Labute approximate surface area is 118 Å². The van der Waals surface area contributed by atoms with Crippen LogP contribution in [0.4, 0.5) is 0 Å². The lowest BCUT2D eigenvalue weighted by Crippen LogP contribution is -2.14. The third-order valence-electron chi connectivity index (χ3n) is 3.51. The average Bonchev–Trinajstić information content (AvgIpc) is 2.49. The zero-order valence-electron chi connectivity index (χ0n) is 11.5. The average molecular weight is 263 g/mol. The Kier molecular flexibility index (Phi) is 3.70. The number of nitrogens with zero attached hydrogens (tertiary/aromatic N) is 2. The van der Waals surface area contributed by atoms with Crippen LogP contribution < -0.4 is 5.32 Å². The first-order valence-corrected chi connectivity index (χ1v) is 6.77. The number of aryl methyl sites for hydroxylation is 1. The minimum Gasteiger partial charge on any atom is -0.309 e. The predicted molar refractivity (Wildman–Crippen MR) is 81.3 cm³/mol. The molecule has 0 bridgehead atoms. The van der Waals surface area contributed by atoms with Crippen LogP contribution in [0.15, 0.2) is 55.0 Å². The molecule has 0 aliphatic heterocycles. The Morgan fingerprint density at radius 2 is 1.75 bits per heavy atom. The topological polar surface area (TPSA) is 37.8 Å². The van der Waals surface area contributed by atoms with Gasteiger partial charge in [-0.1, -0.05) is 18.2 Å². The molecule has 2 aromatic heterocycles. The van der Waals surface area contributed by atoms with E-state index in [2.05, 4.69) is 46.5 Å². The maximum absolute atomic E-state index is 4.39. The van der Waals surface area contributed by atoms with Gasteiger partial charge in [0.1, 0.15) is 0 Å². The Morgan fingerprint density at radius 1 is 0.950 bits per heavy atom. The first-order chi connectivity index (χ1) is 9.84. The first kappa shape index (κ1) is 12.8. The van der Waals surface area contributed by atoms with Crippen molar-refractivity contribution < 1.29 is 0 Å². The third-order valence-corrected chi connectivity index (χ3v) is 3.51. The van der Waals surface area contributed by atoms with Crippen molar-refractivity contribution in [2.45, 2.75) is 20.0 Å². The standard InChI is InChI=1S/C17H17N3/c1-13-10-18-8-6-14(13)11-19-12-15-7-9-20-17-5-3-2-4-16(15)17/h2-10,19H,11-12H2,1H3. The van der Waals surface area contributed by atoms with Gasteiger partial charge in [0.15, 0.2) is 0 Å². The van der Waals surface area contributed by atoms with Gasteiger partial charge in [-0.3, -0.25) is 9.97 Å². The lowest BCUT2D eigenvalue weighted by atomic mass is 10.1. The second-order valence-corrected chi connectivity index (χ2v) is 4.89. The monoisotopic (exact) mass is 263 g/mol. The van der Waals surface area contributed by atoms with E-state index in [1.165, 1.54) is 22.1 Å². The molecule has 0 spiro atoms. The quantitative estimate of drug-likeness (QED) is 0.785. The fourth-order valence-electron chi connectivity index (χ4n) is 2.34. The van der Waals surface area contributed by atoms with Crippen molar-refractivity contribution in [1.29, 1.82) is 0 Å².